The van der Waals surface area contributed by atoms with Gasteiger partial charge in [-0.3, -0.25) is 0 Å². The van der Waals surface area contributed by atoms with E-state index in [-0.39, 0.29) is 0 Å². The summed E-state index contributed by atoms with van der Waals surface area (Å²) in [7, 11) is -5.80. The molecule has 0 heterocycles. The van der Waals surface area contributed by atoms with Crippen LogP contribution in [0.2, 0.25) is 58.9 Å². The van der Waals surface area contributed by atoms with Crippen LogP contribution in [0, 0.1) is 0 Å². The maximum atomic E-state index is 11.0. The average molecular weight is 393 g/mol. The number of aliphatic carboxylic acids is 1. The van der Waals surface area contributed by atoms with Gasteiger partial charge < -0.3 is 18.4 Å². The van der Waals surface area contributed by atoms with E-state index in [1.54, 1.807) is 13.0 Å². The smallest absolute Gasteiger partial charge is 0.330 e. The number of allylic oxidation sites excluding steroid dienone is 1. The van der Waals surface area contributed by atoms with Gasteiger partial charge in [0.05, 0.1) is 0 Å². The zero-order chi connectivity index (χ0) is 19.4. The fraction of sp³-hybridized carbons (Fsp3) is 0.812. The van der Waals surface area contributed by atoms with Crippen molar-refractivity contribution in [2.75, 3.05) is 0 Å². The second-order valence-electron chi connectivity index (χ2n) is 9.06. The molecule has 0 saturated heterocycles. The van der Waals surface area contributed by atoms with Crippen molar-refractivity contribution < 1.29 is 23.2 Å². The van der Waals surface area contributed by atoms with E-state index in [0.29, 0.717) is 18.4 Å². The lowest BCUT2D eigenvalue weighted by atomic mass is 10.2. The lowest BCUT2D eigenvalue weighted by Gasteiger charge is -2.45. The van der Waals surface area contributed by atoms with Crippen LogP contribution in [-0.4, -0.2) is 42.0 Å². The molecule has 1 N–H and O–H groups in total. The summed E-state index contributed by atoms with van der Waals surface area (Å²) in [5.41, 5.74) is 0.331. The summed E-state index contributed by atoms with van der Waals surface area (Å²) in [6, 6.07) is 0. The molecular weight excluding hydrogens is 356 g/mol. The third kappa shape index (κ3) is 11.3. The van der Waals surface area contributed by atoms with E-state index in [4.69, 9.17) is 18.4 Å². The van der Waals surface area contributed by atoms with Gasteiger partial charge in [-0.2, -0.15) is 0 Å². The van der Waals surface area contributed by atoms with Gasteiger partial charge >= 0.3 is 5.97 Å². The molecule has 0 aromatic heterocycles. The second-order valence-corrected chi connectivity index (χ2v) is 22.3. The zero-order valence-electron chi connectivity index (χ0n) is 17.1. The van der Waals surface area contributed by atoms with Crippen LogP contribution in [0.3, 0.4) is 0 Å². The summed E-state index contributed by atoms with van der Waals surface area (Å²) in [6.45, 7) is 20.6. The first kappa shape index (κ1) is 23.7. The van der Waals surface area contributed by atoms with Crippen LogP contribution in [0.5, 0.6) is 0 Å². The summed E-state index contributed by atoms with van der Waals surface area (Å²) >= 11 is 0. The number of hydrogen-bond donors (Lipinski definition) is 1. The van der Waals surface area contributed by atoms with Crippen molar-refractivity contribution in [1.29, 1.82) is 0 Å². The topological polar surface area (TPSA) is 65.0 Å². The standard InChI is InChI=1S/C16H36O5Si3/c1-14(15(17)18)12-11-13-16(19-22(2,3)4,20-23(5,6)7)21-24(8,9)10/h12H,11,13H2,1-10H3,(H,17,18). The second kappa shape index (κ2) is 8.41. The van der Waals surface area contributed by atoms with Crippen LogP contribution in [0.1, 0.15) is 19.8 Å². The molecule has 0 unspecified atom stereocenters. The van der Waals surface area contributed by atoms with Gasteiger partial charge in [-0.05, 0) is 72.3 Å². The molecule has 0 fully saturated rings. The molecule has 0 aliphatic carbocycles. The van der Waals surface area contributed by atoms with E-state index < -0.39 is 36.9 Å². The third-order valence-electron chi connectivity index (χ3n) is 2.62. The highest BCUT2D eigenvalue weighted by Crippen LogP contribution is 2.33. The van der Waals surface area contributed by atoms with Crippen LogP contribution in [0.25, 0.3) is 0 Å². The Morgan fingerprint density at radius 3 is 1.46 bits per heavy atom. The van der Waals surface area contributed by atoms with Crippen molar-refractivity contribution in [3.8, 4) is 0 Å². The molecule has 24 heavy (non-hydrogen) atoms. The van der Waals surface area contributed by atoms with Gasteiger partial charge in [0.15, 0.2) is 25.0 Å². The van der Waals surface area contributed by atoms with Gasteiger partial charge in [-0.25, -0.2) is 4.79 Å². The van der Waals surface area contributed by atoms with Crippen LogP contribution < -0.4 is 0 Å². The van der Waals surface area contributed by atoms with Crippen molar-refractivity contribution in [2.24, 2.45) is 0 Å². The van der Waals surface area contributed by atoms with Crippen molar-refractivity contribution >= 4 is 30.9 Å². The van der Waals surface area contributed by atoms with E-state index in [9.17, 15) is 4.79 Å². The van der Waals surface area contributed by atoms with Gasteiger partial charge in [0, 0.05) is 12.0 Å². The molecule has 5 nitrogen and oxygen atoms in total. The Balaban J connectivity index is 5.62. The van der Waals surface area contributed by atoms with Gasteiger partial charge in [-0.15, -0.1) is 0 Å². The molecular formula is C16H36O5Si3. The van der Waals surface area contributed by atoms with E-state index in [2.05, 4.69) is 58.9 Å². The normalized spacial score (nSPS) is 14.8. The maximum Gasteiger partial charge on any atom is 0.330 e. The van der Waals surface area contributed by atoms with Crippen molar-refractivity contribution in [2.45, 2.75) is 84.7 Å². The monoisotopic (exact) mass is 392 g/mol. The molecule has 0 atom stereocenters. The first-order valence-corrected chi connectivity index (χ1v) is 18.7. The largest absolute Gasteiger partial charge is 0.478 e. The molecule has 0 rings (SSSR count). The minimum absolute atomic E-state index is 0.331. The predicted molar refractivity (Wildman–Crippen MR) is 107 cm³/mol. The molecule has 0 bridgehead atoms. The average Bonchev–Trinajstić information content (AvgIpc) is 2.20. The van der Waals surface area contributed by atoms with Gasteiger partial charge in [0.2, 0.25) is 0 Å². The summed E-state index contributed by atoms with van der Waals surface area (Å²) in [4.78, 5) is 11.0. The molecule has 0 aromatic carbocycles. The molecule has 0 spiro atoms. The fourth-order valence-corrected chi connectivity index (χ4v) is 5.77. The van der Waals surface area contributed by atoms with Gasteiger partial charge in [0.25, 0.3) is 5.97 Å². The summed E-state index contributed by atoms with van der Waals surface area (Å²) in [5, 5.41) is 9.03. The van der Waals surface area contributed by atoms with Gasteiger partial charge in [0.1, 0.15) is 0 Å². The Bertz CT molecular complexity index is 415. The fourth-order valence-electron chi connectivity index (χ4n) is 2.17. The Morgan fingerprint density at radius 1 is 0.875 bits per heavy atom. The Kier molecular flexibility index (Phi) is 8.32. The quantitative estimate of drug-likeness (QED) is 0.322. The zero-order valence-corrected chi connectivity index (χ0v) is 20.1. The van der Waals surface area contributed by atoms with E-state index in [1.807, 2.05) is 0 Å². The maximum absolute atomic E-state index is 11.0. The highest BCUT2D eigenvalue weighted by atomic mass is 28.4. The SMILES string of the molecule is CC(=CCCC(O[Si](C)(C)C)(O[Si](C)(C)C)O[Si](C)(C)C)C(=O)O. The van der Waals surface area contributed by atoms with E-state index in [1.165, 1.54) is 0 Å². The lowest BCUT2D eigenvalue weighted by Crippen LogP contribution is -2.55. The highest BCUT2D eigenvalue weighted by molar-refractivity contribution is 6.72. The van der Waals surface area contributed by atoms with Crippen molar-refractivity contribution in [1.82, 2.24) is 0 Å². The molecule has 0 saturated carbocycles. The Hall–Kier alpha value is -0.259. The highest BCUT2D eigenvalue weighted by Gasteiger charge is 2.44. The molecule has 0 amide bonds. The molecule has 0 radical (unpaired) electrons. The van der Waals surface area contributed by atoms with Crippen LogP contribution in [-0.2, 0) is 18.1 Å². The van der Waals surface area contributed by atoms with E-state index in [0.717, 1.165) is 0 Å². The Labute approximate surface area is 150 Å². The number of hydrogen-bond acceptors (Lipinski definition) is 4. The van der Waals surface area contributed by atoms with Crippen LogP contribution in [0.15, 0.2) is 11.6 Å². The molecule has 0 aliphatic heterocycles. The molecule has 0 aromatic rings. The molecule has 142 valence electrons. The molecule has 0 aliphatic rings. The summed E-state index contributed by atoms with van der Waals surface area (Å²) in [6.07, 6.45) is 2.75. The summed E-state index contributed by atoms with van der Waals surface area (Å²) < 4.78 is 19.2. The number of rotatable bonds is 10. The Morgan fingerprint density at radius 2 is 1.21 bits per heavy atom. The minimum atomic E-state index is -1.93. The van der Waals surface area contributed by atoms with Crippen LogP contribution >= 0.6 is 0 Å². The first-order valence-electron chi connectivity index (χ1n) is 8.45. The first-order chi connectivity index (χ1) is 10.4. The lowest BCUT2D eigenvalue weighted by molar-refractivity contribution is -0.273. The summed E-state index contributed by atoms with van der Waals surface area (Å²) in [5.74, 6) is -1.97. The number of carbonyl (C=O) groups is 1. The van der Waals surface area contributed by atoms with Gasteiger partial charge in [-0.1, -0.05) is 6.08 Å². The van der Waals surface area contributed by atoms with Crippen LogP contribution in [0.4, 0.5) is 0 Å². The van der Waals surface area contributed by atoms with E-state index >= 15 is 0 Å². The molecule has 8 heteroatoms. The number of carboxylic acid groups (broad SMARTS) is 1. The van der Waals surface area contributed by atoms with Crippen molar-refractivity contribution in [3.63, 3.8) is 0 Å². The minimum Gasteiger partial charge on any atom is -0.478 e. The van der Waals surface area contributed by atoms with Crippen molar-refractivity contribution in [3.05, 3.63) is 11.6 Å². The number of carboxylic acids is 1. The third-order valence-corrected chi connectivity index (χ3v) is 5.39. The predicted octanol–water partition coefficient (Wildman–Crippen LogP) is 5.01.